The Kier molecular flexibility index (Phi) is 38.2. The molecule has 0 aromatic carbocycles. The quantitative estimate of drug-likeness (QED) is 0.0272. The molecule has 3 N–H and O–H groups in total. The van der Waals surface area contributed by atoms with E-state index in [4.69, 9.17) is 24.3 Å². The molecule has 9 nitrogen and oxygen atoms in total. The van der Waals surface area contributed by atoms with E-state index in [0.29, 0.717) is 6.42 Å². The predicted molar refractivity (Wildman–Crippen MR) is 224 cm³/mol. The number of phosphoric acid groups is 1. The minimum atomic E-state index is -4.38. The number of phosphoric ester groups is 1. The van der Waals surface area contributed by atoms with Gasteiger partial charge in [-0.25, -0.2) is 4.57 Å². The van der Waals surface area contributed by atoms with Gasteiger partial charge in [0.1, 0.15) is 6.61 Å². The summed E-state index contributed by atoms with van der Waals surface area (Å²) in [5.41, 5.74) is 5.33. The molecule has 0 saturated carbocycles. The predicted octanol–water partition coefficient (Wildman–Crippen LogP) is 11.9. The molecule has 0 spiro atoms. The van der Waals surface area contributed by atoms with Gasteiger partial charge in [0.15, 0.2) is 6.10 Å². The van der Waals surface area contributed by atoms with E-state index in [-0.39, 0.29) is 32.6 Å². The van der Waals surface area contributed by atoms with Crippen LogP contribution in [0.3, 0.4) is 0 Å². The average Bonchev–Trinajstić information content (AvgIpc) is 3.16. The number of unbranched alkanes of at least 4 members (excludes halogenated alkanes) is 13. The first-order chi connectivity index (χ1) is 26.3. The fourth-order valence-electron chi connectivity index (χ4n) is 5.28. The maximum absolute atomic E-state index is 12.5. The van der Waals surface area contributed by atoms with Gasteiger partial charge in [0.25, 0.3) is 0 Å². The average molecular weight is 778 g/mol. The van der Waals surface area contributed by atoms with Gasteiger partial charge in [0, 0.05) is 19.4 Å². The maximum Gasteiger partial charge on any atom is 0.472 e. The lowest BCUT2D eigenvalue weighted by atomic mass is 10.1. The Balaban J connectivity index is 4.12. The highest BCUT2D eigenvalue weighted by molar-refractivity contribution is 7.47. The Bertz CT molecular complexity index is 1110. The van der Waals surface area contributed by atoms with Crippen molar-refractivity contribution in [1.82, 2.24) is 0 Å². The molecule has 0 rings (SSSR count). The molecule has 0 bridgehead atoms. The number of carbonyl (C=O) groups excluding carboxylic acids is 2. The number of esters is 2. The number of rotatable bonds is 38. The van der Waals surface area contributed by atoms with Crippen molar-refractivity contribution in [2.75, 3.05) is 26.4 Å². The fraction of sp³-hybridized carbons (Fsp3) is 0.682. The maximum atomic E-state index is 12.5. The Labute approximate surface area is 329 Å². The van der Waals surface area contributed by atoms with Gasteiger partial charge in [0.05, 0.1) is 13.2 Å². The molecule has 0 aromatic rings. The van der Waals surface area contributed by atoms with E-state index in [0.717, 1.165) is 96.3 Å². The first-order valence-corrected chi connectivity index (χ1v) is 22.4. The normalized spacial score (nSPS) is 14.1. The van der Waals surface area contributed by atoms with Gasteiger partial charge in [-0.2, -0.15) is 0 Å². The third-order valence-electron chi connectivity index (χ3n) is 8.36. The van der Waals surface area contributed by atoms with Crippen LogP contribution < -0.4 is 5.73 Å². The van der Waals surface area contributed by atoms with Crippen LogP contribution in [0.15, 0.2) is 72.9 Å². The minimum Gasteiger partial charge on any atom is -0.462 e. The van der Waals surface area contributed by atoms with E-state index in [1.807, 2.05) is 0 Å². The minimum absolute atomic E-state index is 0.0478. The Hall–Kier alpha value is -2.55. The van der Waals surface area contributed by atoms with Crippen molar-refractivity contribution >= 4 is 19.8 Å². The summed E-state index contributed by atoms with van der Waals surface area (Å²) in [5, 5.41) is 0. The molecule has 0 fully saturated rings. The third-order valence-corrected chi connectivity index (χ3v) is 9.34. The van der Waals surface area contributed by atoms with Crippen LogP contribution in [0.4, 0.5) is 0 Å². The van der Waals surface area contributed by atoms with Crippen LogP contribution in [0, 0.1) is 0 Å². The Morgan fingerprint density at radius 2 is 1.02 bits per heavy atom. The standard InChI is InChI=1S/C44H76NO8P/c1-3-5-7-9-11-13-14-15-16-17-18-19-20-21-22-23-24-25-26-27-28-29-31-33-35-37-44(47)53-42(41-52-54(48,49)51-39-38-45)40-50-43(46)36-34-32-30-12-10-8-6-4-2/h5,7,11,13,15-16,18-19,21-22,24-25,42H,3-4,6,8-10,12,14,17,20,23,26-41,45H2,1-2H3,(H,48,49)/b7-5-,13-11-,16-15-,19-18-,22-21-,25-24-. The van der Waals surface area contributed by atoms with Crippen molar-refractivity contribution in [3.05, 3.63) is 72.9 Å². The molecule has 10 heteroatoms. The van der Waals surface area contributed by atoms with Crippen LogP contribution in [0.1, 0.15) is 162 Å². The molecular weight excluding hydrogens is 701 g/mol. The highest BCUT2D eigenvalue weighted by Gasteiger charge is 2.26. The van der Waals surface area contributed by atoms with Crippen molar-refractivity contribution in [3.63, 3.8) is 0 Å². The van der Waals surface area contributed by atoms with Crippen molar-refractivity contribution in [1.29, 1.82) is 0 Å². The zero-order valence-corrected chi connectivity index (χ0v) is 34.8. The van der Waals surface area contributed by atoms with Crippen LogP contribution in [0.5, 0.6) is 0 Å². The molecule has 310 valence electrons. The second kappa shape index (κ2) is 40.1. The Morgan fingerprint density at radius 1 is 0.574 bits per heavy atom. The molecule has 0 saturated heterocycles. The summed E-state index contributed by atoms with van der Waals surface area (Å²) in [5.74, 6) is -0.856. The first-order valence-electron chi connectivity index (χ1n) is 20.9. The van der Waals surface area contributed by atoms with E-state index in [2.05, 4.69) is 86.8 Å². The third kappa shape index (κ3) is 39.2. The molecule has 2 unspecified atom stereocenters. The van der Waals surface area contributed by atoms with E-state index < -0.39 is 32.5 Å². The van der Waals surface area contributed by atoms with Crippen LogP contribution in [0.2, 0.25) is 0 Å². The van der Waals surface area contributed by atoms with Gasteiger partial charge in [-0.15, -0.1) is 0 Å². The number of allylic oxidation sites excluding steroid dienone is 12. The van der Waals surface area contributed by atoms with Crippen LogP contribution in [-0.2, 0) is 32.7 Å². The lowest BCUT2D eigenvalue weighted by Crippen LogP contribution is -2.29. The topological polar surface area (TPSA) is 134 Å². The molecule has 0 radical (unpaired) electrons. The van der Waals surface area contributed by atoms with E-state index in [9.17, 15) is 19.0 Å². The summed E-state index contributed by atoms with van der Waals surface area (Å²) in [4.78, 5) is 34.7. The SMILES string of the molecule is CC/C=C\C/C=C\C/C=C\C/C=C\C/C=C\C/C=C\CCCCCCCCC(=O)OC(COC(=O)CCCCCCCCCC)COP(=O)(O)OCCN. The lowest BCUT2D eigenvalue weighted by Gasteiger charge is -2.19. The number of hydrogen-bond donors (Lipinski definition) is 2. The van der Waals surface area contributed by atoms with E-state index in [1.165, 1.54) is 32.1 Å². The highest BCUT2D eigenvalue weighted by atomic mass is 31.2. The van der Waals surface area contributed by atoms with Crippen LogP contribution >= 0.6 is 7.82 Å². The molecule has 0 aromatic heterocycles. The van der Waals surface area contributed by atoms with Gasteiger partial charge in [-0.1, -0.05) is 157 Å². The van der Waals surface area contributed by atoms with Crippen molar-refractivity contribution < 1.29 is 37.6 Å². The second-order valence-electron chi connectivity index (χ2n) is 13.5. The number of carbonyl (C=O) groups is 2. The van der Waals surface area contributed by atoms with Crippen molar-refractivity contribution in [3.8, 4) is 0 Å². The van der Waals surface area contributed by atoms with Gasteiger partial charge >= 0.3 is 19.8 Å². The highest BCUT2D eigenvalue weighted by Crippen LogP contribution is 2.43. The summed E-state index contributed by atoms with van der Waals surface area (Å²) in [6, 6.07) is 0. The molecular formula is C44H76NO8P. The summed E-state index contributed by atoms with van der Waals surface area (Å²) < 4.78 is 32.6. The van der Waals surface area contributed by atoms with Gasteiger partial charge in [-0.3, -0.25) is 18.6 Å². The summed E-state index contributed by atoms with van der Waals surface area (Å²) in [6.45, 7) is 3.54. The monoisotopic (exact) mass is 778 g/mol. The summed E-state index contributed by atoms with van der Waals surface area (Å²) >= 11 is 0. The lowest BCUT2D eigenvalue weighted by molar-refractivity contribution is -0.161. The molecule has 0 aliphatic heterocycles. The van der Waals surface area contributed by atoms with Crippen molar-refractivity contribution in [2.24, 2.45) is 5.73 Å². The number of ether oxygens (including phenoxy) is 2. The zero-order valence-electron chi connectivity index (χ0n) is 33.9. The molecule has 2 atom stereocenters. The van der Waals surface area contributed by atoms with Gasteiger partial charge in [0.2, 0.25) is 0 Å². The summed E-state index contributed by atoms with van der Waals surface area (Å²) in [7, 11) is -4.38. The van der Waals surface area contributed by atoms with Crippen LogP contribution in [0.25, 0.3) is 0 Å². The summed E-state index contributed by atoms with van der Waals surface area (Å²) in [6.07, 6.45) is 48.0. The fourth-order valence-corrected chi connectivity index (χ4v) is 6.05. The largest absolute Gasteiger partial charge is 0.472 e. The number of nitrogens with two attached hydrogens (primary N) is 1. The Morgan fingerprint density at radius 3 is 1.52 bits per heavy atom. The zero-order chi connectivity index (χ0) is 39.6. The number of hydrogen-bond acceptors (Lipinski definition) is 8. The van der Waals surface area contributed by atoms with Crippen molar-refractivity contribution in [2.45, 2.75) is 168 Å². The molecule has 0 heterocycles. The second-order valence-corrected chi connectivity index (χ2v) is 14.9. The van der Waals surface area contributed by atoms with Gasteiger partial charge < -0.3 is 20.1 Å². The van der Waals surface area contributed by atoms with Crippen LogP contribution in [-0.4, -0.2) is 49.3 Å². The smallest absolute Gasteiger partial charge is 0.462 e. The van der Waals surface area contributed by atoms with Gasteiger partial charge in [-0.05, 0) is 64.2 Å². The molecule has 54 heavy (non-hydrogen) atoms. The van der Waals surface area contributed by atoms with E-state index in [1.54, 1.807) is 0 Å². The molecule has 0 aliphatic rings. The molecule has 0 aliphatic carbocycles. The molecule has 0 amide bonds. The van der Waals surface area contributed by atoms with E-state index >= 15 is 0 Å². The first kappa shape index (κ1) is 51.5.